The molecule has 1 aromatic heterocycles. The minimum atomic E-state index is -0.247. The van der Waals surface area contributed by atoms with Gasteiger partial charge in [-0.3, -0.25) is 4.79 Å². The Balaban J connectivity index is 2.11. The average Bonchev–Trinajstić information content (AvgIpc) is 2.39. The molecule has 1 aliphatic rings. The van der Waals surface area contributed by atoms with Gasteiger partial charge in [-0.1, -0.05) is 0 Å². The Bertz CT molecular complexity index is 449. The molecule has 1 unspecified atom stereocenters. The maximum Gasteiger partial charge on any atom is 0.222 e. The molecule has 2 heterocycles. The van der Waals surface area contributed by atoms with Crippen LogP contribution >= 0.6 is 0 Å². The van der Waals surface area contributed by atoms with Gasteiger partial charge in [0.2, 0.25) is 5.91 Å². The third-order valence-corrected chi connectivity index (χ3v) is 3.02. The summed E-state index contributed by atoms with van der Waals surface area (Å²) in [5.74, 6) is 0.458. The van der Waals surface area contributed by atoms with Gasteiger partial charge in [0, 0.05) is 19.3 Å². The summed E-state index contributed by atoms with van der Waals surface area (Å²) in [6.45, 7) is 1.50. The number of nitrogens with two attached hydrogens (primary N) is 1. The molecule has 0 saturated carbocycles. The first kappa shape index (κ1) is 11.4. The SMILES string of the molecule is N#Cc1ccc(N2CCCC(C(N)=O)C2)nc1. The number of anilines is 1. The van der Waals surface area contributed by atoms with E-state index < -0.39 is 0 Å². The number of primary amides is 1. The highest BCUT2D eigenvalue weighted by Crippen LogP contribution is 2.21. The Labute approximate surface area is 99.9 Å². The lowest BCUT2D eigenvalue weighted by molar-refractivity contribution is -0.122. The quantitative estimate of drug-likeness (QED) is 0.808. The van der Waals surface area contributed by atoms with Gasteiger partial charge in [0.15, 0.2) is 0 Å². The summed E-state index contributed by atoms with van der Waals surface area (Å²) in [4.78, 5) is 17.4. The van der Waals surface area contributed by atoms with Gasteiger partial charge in [0.05, 0.1) is 11.5 Å². The molecule has 1 saturated heterocycles. The molecule has 0 bridgehead atoms. The molecule has 0 radical (unpaired) electrons. The van der Waals surface area contributed by atoms with E-state index in [2.05, 4.69) is 4.98 Å². The molecule has 2 rings (SSSR count). The first-order chi connectivity index (χ1) is 8.20. The van der Waals surface area contributed by atoms with E-state index in [-0.39, 0.29) is 11.8 Å². The highest BCUT2D eigenvalue weighted by atomic mass is 16.1. The van der Waals surface area contributed by atoms with E-state index in [4.69, 9.17) is 11.0 Å². The average molecular weight is 230 g/mol. The molecule has 1 aliphatic heterocycles. The Morgan fingerprint density at radius 2 is 2.41 bits per heavy atom. The number of carbonyl (C=O) groups excluding carboxylic acids is 1. The van der Waals surface area contributed by atoms with Gasteiger partial charge in [-0.2, -0.15) is 5.26 Å². The Hall–Kier alpha value is -2.09. The first-order valence-corrected chi connectivity index (χ1v) is 5.61. The van der Waals surface area contributed by atoms with E-state index in [1.165, 1.54) is 0 Å². The summed E-state index contributed by atoms with van der Waals surface area (Å²) in [5, 5.41) is 8.69. The number of nitriles is 1. The van der Waals surface area contributed by atoms with Gasteiger partial charge >= 0.3 is 0 Å². The van der Waals surface area contributed by atoms with E-state index in [0.29, 0.717) is 12.1 Å². The second-order valence-corrected chi connectivity index (χ2v) is 4.20. The number of hydrogen-bond acceptors (Lipinski definition) is 4. The molecule has 1 amide bonds. The molecule has 1 aromatic rings. The van der Waals surface area contributed by atoms with Crippen molar-refractivity contribution < 1.29 is 4.79 Å². The van der Waals surface area contributed by atoms with E-state index in [0.717, 1.165) is 25.2 Å². The fourth-order valence-electron chi connectivity index (χ4n) is 2.06. The normalized spacial score (nSPS) is 19.7. The van der Waals surface area contributed by atoms with Crippen molar-refractivity contribution in [1.29, 1.82) is 5.26 Å². The molecule has 2 N–H and O–H groups in total. The molecule has 17 heavy (non-hydrogen) atoms. The molecule has 1 fully saturated rings. The molecule has 0 aliphatic carbocycles. The number of amides is 1. The second-order valence-electron chi connectivity index (χ2n) is 4.20. The van der Waals surface area contributed by atoms with Crippen LogP contribution in [0.4, 0.5) is 5.82 Å². The van der Waals surface area contributed by atoms with E-state index >= 15 is 0 Å². The van der Waals surface area contributed by atoms with Crippen LogP contribution < -0.4 is 10.6 Å². The third kappa shape index (κ3) is 2.53. The van der Waals surface area contributed by atoms with Crippen molar-refractivity contribution in [3.8, 4) is 6.07 Å². The summed E-state index contributed by atoms with van der Waals surface area (Å²) >= 11 is 0. The second kappa shape index (κ2) is 4.83. The number of hydrogen-bond donors (Lipinski definition) is 1. The topological polar surface area (TPSA) is 83.0 Å². The zero-order valence-corrected chi connectivity index (χ0v) is 9.47. The lowest BCUT2D eigenvalue weighted by atomic mass is 9.97. The summed E-state index contributed by atoms with van der Waals surface area (Å²) in [6, 6.07) is 5.57. The largest absolute Gasteiger partial charge is 0.369 e. The van der Waals surface area contributed by atoms with Crippen molar-refractivity contribution in [3.63, 3.8) is 0 Å². The third-order valence-electron chi connectivity index (χ3n) is 3.02. The molecule has 0 spiro atoms. The van der Waals surface area contributed by atoms with Gasteiger partial charge in [-0.15, -0.1) is 0 Å². The molecule has 0 aromatic carbocycles. The predicted molar refractivity (Wildman–Crippen MR) is 63.1 cm³/mol. The van der Waals surface area contributed by atoms with Crippen LogP contribution in [0, 0.1) is 17.2 Å². The van der Waals surface area contributed by atoms with Gasteiger partial charge in [-0.25, -0.2) is 4.98 Å². The number of pyridine rings is 1. The molecule has 88 valence electrons. The van der Waals surface area contributed by atoms with E-state index in [1.807, 2.05) is 17.0 Å². The van der Waals surface area contributed by atoms with Crippen LogP contribution in [-0.4, -0.2) is 24.0 Å². The van der Waals surface area contributed by atoms with E-state index in [9.17, 15) is 4.79 Å². The van der Waals surface area contributed by atoms with E-state index in [1.54, 1.807) is 12.3 Å². The molecule has 5 heteroatoms. The van der Waals surface area contributed by atoms with Crippen LogP contribution in [0.25, 0.3) is 0 Å². The number of piperidine rings is 1. The predicted octanol–water partition coefficient (Wildman–Crippen LogP) is 0.655. The molecular formula is C12H14N4O. The van der Waals surface area contributed by atoms with Crippen molar-refractivity contribution >= 4 is 11.7 Å². The van der Waals surface area contributed by atoms with Crippen molar-refractivity contribution in [3.05, 3.63) is 23.9 Å². The highest BCUT2D eigenvalue weighted by Gasteiger charge is 2.24. The van der Waals surface area contributed by atoms with Gasteiger partial charge in [0.1, 0.15) is 11.9 Å². The smallest absolute Gasteiger partial charge is 0.222 e. The molecule has 1 atom stereocenters. The van der Waals surface area contributed by atoms with Gasteiger partial charge in [-0.05, 0) is 25.0 Å². The molecule has 5 nitrogen and oxygen atoms in total. The van der Waals surface area contributed by atoms with Crippen molar-refractivity contribution in [1.82, 2.24) is 4.98 Å². The Morgan fingerprint density at radius 3 is 3.00 bits per heavy atom. The van der Waals surface area contributed by atoms with Crippen molar-refractivity contribution in [2.45, 2.75) is 12.8 Å². The zero-order valence-electron chi connectivity index (χ0n) is 9.47. The zero-order chi connectivity index (χ0) is 12.3. The van der Waals surface area contributed by atoms with Crippen molar-refractivity contribution in [2.75, 3.05) is 18.0 Å². The number of carbonyl (C=O) groups is 1. The van der Waals surface area contributed by atoms with Gasteiger partial charge in [0.25, 0.3) is 0 Å². The number of rotatable bonds is 2. The van der Waals surface area contributed by atoms with Crippen LogP contribution in [0.5, 0.6) is 0 Å². The molecular weight excluding hydrogens is 216 g/mol. The minimum Gasteiger partial charge on any atom is -0.369 e. The summed E-state index contributed by atoms with van der Waals surface area (Å²) in [5.41, 5.74) is 5.86. The number of aromatic nitrogens is 1. The minimum absolute atomic E-state index is 0.0961. The first-order valence-electron chi connectivity index (χ1n) is 5.61. The lowest BCUT2D eigenvalue weighted by Crippen LogP contribution is -2.41. The standard InChI is InChI=1S/C12H14N4O/c13-6-9-3-4-11(15-7-9)16-5-1-2-10(8-16)12(14)17/h3-4,7,10H,1-2,5,8H2,(H2,14,17). The number of nitrogens with zero attached hydrogens (tertiary/aromatic N) is 3. The fourth-order valence-corrected chi connectivity index (χ4v) is 2.06. The fraction of sp³-hybridized carbons (Fsp3) is 0.417. The lowest BCUT2D eigenvalue weighted by Gasteiger charge is -2.32. The van der Waals surface area contributed by atoms with Crippen LogP contribution in [0.15, 0.2) is 18.3 Å². The van der Waals surface area contributed by atoms with Crippen LogP contribution in [0.1, 0.15) is 18.4 Å². The monoisotopic (exact) mass is 230 g/mol. The summed E-state index contributed by atoms with van der Waals surface area (Å²) in [6.07, 6.45) is 3.33. The van der Waals surface area contributed by atoms with Crippen molar-refractivity contribution in [2.24, 2.45) is 11.7 Å². The summed E-state index contributed by atoms with van der Waals surface area (Å²) in [7, 11) is 0. The maximum absolute atomic E-state index is 11.2. The Morgan fingerprint density at radius 1 is 1.59 bits per heavy atom. The maximum atomic E-state index is 11.2. The highest BCUT2D eigenvalue weighted by molar-refractivity contribution is 5.77. The Kier molecular flexibility index (Phi) is 3.24. The van der Waals surface area contributed by atoms with Gasteiger partial charge < -0.3 is 10.6 Å². The van der Waals surface area contributed by atoms with Crippen LogP contribution in [0.3, 0.4) is 0 Å². The van der Waals surface area contributed by atoms with Crippen LogP contribution in [-0.2, 0) is 4.79 Å². The van der Waals surface area contributed by atoms with Crippen LogP contribution in [0.2, 0.25) is 0 Å². The summed E-state index contributed by atoms with van der Waals surface area (Å²) < 4.78 is 0.